The molecule has 2 bridgehead atoms. The maximum atomic E-state index is 2.51. The standard InChI is InChI=1S/C41H31.2ClH.Hf/c1-23-15-16-31-27(19-23)22-38-28-17-18-29(25(28)3)41(40(31)38)39-24(2)20-36-34(13-8-14-35(36)39)37-21-26-9-4-5-10-30(26)32-11-6-7-12-33(32)37;;;/h4-16,19-22,39H,17-18H2,1-3H3;2*1H;/q;;;+2/p-2. The molecule has 3 aliphatic carbocycles. The van der Waals surface area contributed by atoms with E-state index in [1.807, 2.05) is 0 Å². The summed E-state index contributed by atoms with van der Waals surface area (Å²) < 4.78 is 0.593. The summed E-state index contributed by atoms with van der Waals surface area (Å²) in [6.07, 6.45) is 4.91. The number of fused-ring (bicyclic) bond motifs is 10. The van der Waals surface area contributed by atoms with Gasteiger partial charge in [-0.05, 0) is 0 Å². The number of rotatable bonds is 2. The second kappa shape index (κ2) is 10.8. The molecule has 0 N–H and O–H groups in total. The van der Waals surface area contributed by atoms with Gasteiger partial charge in [0.15, 0.2) is 0 Å². The van der Waals surface area contributed by atoms with Gasteiger partial charge in [-0.2, -0.15) is 0 Å². The summed E-state index contributed by atoms with van der Waals surface area (Å²) in [5.41, 5.74) is 21.3. The molecule has 44 heavy (non-hydrogen) atoms. The molecule has 9 rings (SSSR count). The molecule has 0 amide bonds. The molecule has 0 fully saturated rings. The second-order valence-corrected chi connectivity index (χ2v) is 14.7. The van der Waals surface area contributed by atoms with Crippen molar-refractivity contribution in [3.8, 4) is 22.3 Å². The first-order valence-electron chi connectivity index (χ1n) is 15.2. The number of hydrogen-bond acceptors (Lipinski definition) is 0. The molecular weight excluding hydrogens is 742 g/mol. The van der Waals surface area contributed by atoms with Crippen molar-refractivity contribution in [2.75, 3.05) is 0 Å². The van der Waals surface area contributed by atoms with Gasteiger partial charge in [0.2, 0.25) is 0 Å². The zero-order chi connectivity index (χ0) is 28.3. The molecule has 0 spiro atoms. The zero-order valence-corrected chi connectivity index (χ0v) is 30.2. The van der Waals surface area contributed by atoms with Crippen LogP contribution < -0.4 is 24.8 Å². The SMILES string of the molecule is CC1=Cc2c(-c3cc4ccccc4c4ccccc34)cccc2C1c1c2c(C)c(c3c1-c1ccc(C)cc1[CH]3[Hf+2])CC2.[Cl-].[Cl-]. The fraction of sp³-hybridized carbons (Fsp3) is 0.171. The van der Waals surface area contributed by atoms with Gasteiger partial charge in [-0.25, -0.2) is 0 Å². The third-order valence-electron chi connectivity index (χ3n) is 10.4. The summed E-state index contributed by atoms with van der Waals surface area (Å²) in [6, 6.07) is 34.5. The van der Waals surface area contributed by atoms with Gasteiger partial charge < -0.3 is 24.8 Å². The number of aryl methyl sites for hydroxylation is 1. The summed E-state index contributed by atoms with van der Waals surface area (Å²) in [4.78, 5) is 0. The Kier molecular flexibility index (Phi) is 7.32. The fourth-order valence-corrected chi connectivity index (χ4v) is 10.6. The van der Waals surface area contributed by atoms with Crippen LogP contribution in [0.15, 0.2) is 96.6 Å². The first-order chi connectivity index (χ1) is 20.5. The van der Waals surface area contributed by atoms with Crippen molar-refractivity contribution in [2.24, 2.45) is 0 Å². The van der Waals surface area contributed by atoms with E-state index in [4.69, 9.17) is 0 Å². The van der Waals surface area contributed by atoms with E-state index in [9.17, 15) is 0 Å². The van der Waals surface area contributed by atoms with E-state index in [0.717, 1.165) is 24.4 Å². The molecule has 3 heteroatoms. The quantitative estimate of drug-likeness (QED) is 0.179. The van der Waals surface area contributed by atoms with Crippen LogP contribution in [-0.4, -0.2) is 0 Å². The van der Waals surface area contributed by atoms with Crippen LogP contribution in [0.5, 0.6) is 0 Å². The van der Waals surface area contributed by atoms with Gasteiger partial charge in [-0.3, -0.25) is 0 Å². The molecule has 0 radical (unpaired) electrons. The smallest absolute Gasteiger partial charge is 1.00 e. The molecule has 6 aromatic carbocycles. The molecule has 0 heterocycles. The van der Waals surface area contributed by atoms with Gasteiger partial charge in [0.25, 0.3) is 0 Å². The average molecular weight is 773 g/mol. The van der Waals surface area contributed by atoms with Gasteiger partial charge in [0.05, 0.1) is 0 Å². The van der Waals surface area contributed by atoms with E-state index < -0.39 is 0 Å². The van der Waals surface area contributed by atoms with Crippen LogP contribution in [0.1, 0.15) is 66.6 Å². The van der Waals surface area contributed by atoms with E-state index in [1.54, 1.807) is 38.9 Å². The van der Waals surface area contributed by atoms with Gasteiger partial charge in [-0.1, -0.05) is 24.3 Å². The number of halogens is 2. The van der Waals surface area contributed by atoms with Gasteiger partial charge in [0.1, 0.15) is 0 Å². The van der Waals surface area contributed by atoms with Crippen LogP contribution in [-0.2, 0) is 37.2 Å². The van der Waals surface area contributed by atoms with Gasteiger partial charge in [-0.15, -0.1) is 0 Å². The molecular formula is C41H31Cl2Hf. The van der Waals surface area contributed by atoms with E-state index in [1.165, 1.54) is 73.3 Å². The molecule has 2 unspecified atom stereocenters. The third kappa shape index (κ3) is 3.98. The van der Waals surface area contributed by atoms with Crippen LogP contribution in [0.25, 0.3) is 49.9 Å². The Balaban J connectivity index is 0.00000156. The summed E-state index contributed by atoms with van der Waals surface area (Å²) in [5.74, 6) is 0.308. The Morgan fingerprint density at radius 2 is 1.32 bits per heavy atom. The summed E-state index contributed by atoms with van der Waals surface area (Å²) in [6.45, 7) is 7.05. The number of benzene rings is 6. The molecule has 0 saturated heterocycles. The zero-order valence-electron chi connectivity index (χ0n) is 25.1. The van der Waals surface area contributed by atoms with Crippen molar-refractivity contribution in [2.45, 2.75) is 43.2 Å². The summed E-state index contributed by atoms with van der Waals surface area (Å²) >= 11 is 1.15. The van der Waals surface area contributed by atoms with Crippen molar-refractivity contribution in [1.82, 2.24) is 0 Å². The topological polar surface area (TPSA) is 0 Å². The van der Waals surface area contributed by atoms with Crippen molar-refractivity contribution in [1.29, 1.82) is 0 Å². The normalized spacial score (nSPS) is 17.2. The van der Waals surface area contributed by atoms with Crippen molar-refractivity contribution < 1.29 is 49.2 Å². The van der Waals surface area contributed by atoms with Crippen LogP contribution in [0.4, 0.5) is 0 Å². The molecule has 0 saturated carbocycles. The van der Waals surface area contributed by atoms with Crippen LogP contribution >= 0.6 is 0 Å². The van der Waals surface area contributed by atoms with E-state index >= 15 is 0 Å². The predicted octanol–water partition coefficient (Wildman–Crippen LogP) is 4.55. The summed E-state index contributed by atoms with van der Waals surface area (Å²) in [5, 5.41) is 5.30. The second-order valence-electron chi connectivity index (χ2n) is 12.6. The maximum absolute atomic E-state index is 2.51. The predicted molar refractivity (Wildman–Crippen MR) is 173 cm³/mol. The first-order valence-corrected chi connectivity index (χ1v) is 17.3. The molecule has 3 aliphatic rings. The average Bonchev–Trinajstić information content (AvgIpc) is 3.59. The largest absolute Gasteiger partial charge is 1.00 e. The van der Waals surface area contributed by atoms with Crippen LogP contribution in [0.3, 0.4) is 0 Å². The Bertz CT molecular complexity index is 2210. The molecule has 6 aromatic rings. The third-order valence-corrected chi connectivity index (χ3v) is 12.6. The molecule has 2 atom stereocenters. The molecule has 0 aliphatic heterocycles. The Morgan fingerprint density at radius 1 is 0.614 bits per heavy atom. The van der Waals surface area contributed by atoms with Crippen molar-refractivity contribution in [3.63, 3.8) is 0 Å². The minimum absolute atomic E-state index is 0. The first kappa shape index (κ1) is 29.7. The molecule has 0 nitrogen and oxygen atoms in total. The fourth-order valence-electron chi connectivity index (χ4n) is 8.61. The van der Waals surface area contributed by atoms with E-state index in [2.05, 4.69) is 118 Å². The minimum Gasteiger partial charge on any atom is -1.00 e. The van der Waals surface area contributed by atoms with Gasteiger partial charge in [0, 0.05) is 0 Å². The molecule has 213 valence electrons. The minimum atomic E-state index is 0. The Morgan fingerprint density at radius 3 is 2.11 bits per heavy atom. The Labute approximate surface area is 287 Å². The van der Waals surface area contributed by atoms with Crippen LogP contribution in [0, 0.1) is 13.8 Å². The van der Waals surface area contributed by atoms with Crippen molar-refractivity contribution in [3.05, 3.63) is 147 Å². The molecule has 0 aromatic heterocycles. The Hall–Kier alpha value is -2.97. The maximum Gasteiger partial charge on any atom is -1.00 e. The van der Waals surface area contributed by atoms with Crippen LogP contribution in [0.2, 0.25) is 0 Å². The van der Waals surface area contributed by atoms with Gasteiger partial charge >= 0.3 is 240 Å². The van der Waals surface area contributed by atoms with E-state index in [-0.39, 0.29) is 24.8 Å². The van der Waals surface area contributed by atoms with E-state index in [0.29, 0.717) is 9.59 Å². The number of allylic oxidation sites excluding steroid dienone is 1. The monoisotopic (exact) mass is 773 g/mol. The van der Waals surface area contributed by atoms with Crippen molar-refractivity contribution >= 4 is 27.6 Å². The summed E-state index contributed by atoms with van der Waals surface area (Å²) in [7, 11) is 0. The number of hydrogen-bond donors (Lipinski definition) is 0.